The van der Waals surface area contributed by atoms with Gasteiger partial charge in [-0.15, -0.1) is 0 Å². The molecule has 9 heteroatoms. The topological polar surface area (TPSA) is 78.2 Å². The van der Waals surface area contributed by atoms with Gasteiger partial charge in [0.1, 0.15) is 5.75 Å². The van der Waals surface area contributed by atoms with Crippen molar-refractivity contribution in [3.8, 4) is 11.8 Å². The lowest BCUT2D eigenvalue weighted by atomic mass is 10.2. The van der Waals surface area contributed by atoms with Crippen molar-refractivity contribution in [3.63, 3.8) is 0 Å². The molecule has 0 saturated heterocycles. The van der Waals surface area contributed by atoms with E-state index in [0.29, 0.717) is 0 Å². The van der Waals surface area contributed by atoms with E-state index >= 15 is 0 Å². The van der Waals surface area contributed by atoms with E-state index in [9.17, 15) is 18.9 Å². The lowest BCUT2D eigenvalue weighted by Gasteiger charge is -2.08. The summed E-state index contributed by atoms with van der Waals surface area (Å²) in [6.45, 7) is 0. The number of nitrogens with zero attached hydrogens (tertiary/aromatic N) is 3. The summed E-state index contributed by atoms with van der Waals surface area (Å²) in [6.07, 6.45) is -0.466. The molecule has 104 valence electrons. The van der Waals surface area contributed by atoms with Crippen LogP contribution < -0.4 is 4.74 Å². The van der Waals surface area contributed by atoms with Gasteiger partial charge in [-0.2, -0.15) is 0 Å². The van der Waals surface area contributed by atoms with Gasteiger partial charge in [0, 0.05) is 12.1 Å². The number of hydrogen-bond acceptors (Lipinski definition) is 5. The Morgan fingerprint density at radius 1 is 1.30 bits per heavy atom. The van der Waals surface area contributed by atoms with Crippen LogP contribution in [0, 0.1) is 10.1 Å². The van der Waals surface area contributed by atoms with E-state index in [1.807, 2.05) is 0 Å². The highest BCUT2D eigenvalue weighted by Gasteiger charge is 2.20. The number of rotatable bonds is 4. The van der Waals surface area contributed by atoms with Crippen molar-refractivity contribution in [1.82, 2.24) is 9.97 Å². The standard InChI is InChI=1S/C11H6ClF2N3O3/c12-6-4-15-11(16-5-6)20-9-2-1-7(17(18)19)3-8(9)10(13)14/h1-5,10H. The van der Waals surface area contributed by atoms with E-state index in [-0.39, 0.29) is 16.8 Å². The fourth-order valence-electron chi connectivity index (χ4n) is 1.36. The molecule has 0 spiro atoms. The van der Waals surface area contributed by atoms with Gasteiger partial charge >= 0.3 is 6.01 Å². The van der Waals surface area contributed by atoms with E-state index in [1.54, 1.807) is 0 Å². The molecule has 0 saturated carbocycles. The largest absolute Gasteiger partial charge is 0.424 e. The third kappa shape index (κ3) is 3.15. The van der Waals surface area contributed by atoms with Crippen molar-refractivity contribution in [2.45, 2.75) is 6.43 Å². The molecule has 6 nitrogen and oxygen atoms in total. The monoisotopic (exact) mass is 301 g/mol. The van der Waals surface area contributed by atoms with E-state index in [1.165, 1.54) is 12.4 Å². The fraction of sp³-hybridized carbons (Fsp3) is 0.0909. The Morgan fingerprint density at radius 3 is 2.50 bits per heavy atom. The molecule has 0 amide bonds. The van der Waals surface area contributed by atoms with Gasteiger partial charge in [-0.25, -0.2) is 18.7 Å². The molecule has 1 aromatic heterocycles. The normalized spacial score (nSPS) is 10.6. The zero-order chi connectivity index (χ0) is 14.7. The molecule has 0 fully saturated rings. The average molecular weight is 302 g/mol. The Balaban J connectivity index is 2.35. The molecule has 1 aromatic carbocycles. The van der Waals surface area contributed by atoms with Crippen molar-refractivity contribution >= 4 is 17.3 Å². The lowest BCUT2D eigenvalue weighted by molar-refractivity contribution is -0.385. The second kappa shape index (κ2) is 5.74. The van der Waals surface area contributed by atoms with Crippen molar-refractivity contribution in [2.24, 2.45) is 0 Å². The van der Waals surface area contributed by atoms with E-state index in [4.69, 9.17) is 16.3 Å². The number of hydrogen-bond donors (Lipinski definition) is 0. The third-order valence-electron chi connectivity index (χ3n) is 2.24. The molecule has 20 heavy (non-hydrogen) atoms. The minimum atomic E-state index is -2.93. The van der Waals surface area contributed by atoms with Gasteiger partial charge < -0.3 is 4.74 Å². The van der Waals surface area contributed by atoms with Gasteiger partial charge in [0.15, 0.2) is 0 Å². The first-order chi connectivity index (χ1) is 9.47. The first kappa shape index (κ1) is 14.1. The number of benzene rings is 1. The number of aromatic nitrogens is 2. The van der Waals surface area contributed by atoms with Gasteiger partial charge in [-0.05, 0) is 6.07 Å². The number of non-ortho nitro benzene ring substituents is 1. The molecule has 0 aliphatic carbocycles. The van der Waals surface area contributed by atoms with Crippen LogP contribution >= 0.6 is 11.6 Å². The van der Waals surface area contributed by atoms with Gasteiger partial charge in [0.2, 0.25) is 0 Å². The van der Waals surface area contributed by atoms with Crippen molar-refractivity contribution in [1.29, 1.82) is 0 Å². The summed E-state index contributed by atoms with van der Waals surface area (Å²) >= 11 is 5.58. The van der Waals surface area contributed by atoms with Crippen LogP contribution in [0.25, 0.3) is 0 Å². The molecule has 0 bridgehead atoms. The smallest absolute Gasteiger partial charge is 0.321 e. The Labute approximate surface area is 116 Å². The highest BCUT2D eigenvalue weighted by atomic mass is 35.5. The summed E-state index contributed by atoms with van der Waals surface area (Å²) in [6, 6.07) is 2.68. The van der Waals surface area contributed by atoms with Gasteiger partial charge in [-0.3, -0.25) is 10.1 Å². The maximum absolute atomic E-state index is 12.9. The van der Waals surface area contributed by atoms with Crippen LogP contribution in [0.1, 0.15) is 12.0 Å². The number of halogens is 3. The highest BCUT2D eigenvalue weighted by Crippen LogP contribution is 2.34. The molecule has 0 aliphatic heterocycles. The Hall–Kier alpha value is -2.35. The minimum absolute atomic E-state index is 0.190. The van der Waals surface area contributed by atoms with Crippen molar-refractivity contribution < 1.29 is 18.4 Å². The lowest BCUT2D eigenvalue weighted by Crippen LogP contribution is -1.97. The molecule has 2 rings (SSSR count). The van der Waals surface area contributed by atoms with Crippen LogP contribution in [0.4, 0.5) is 14.5 Å². The summed E-state index contributed by atoms with van der Waals surface area (Å²) in [7, 11) is 0. The summed E-state index contributed by atoms with van der Waals surface area (Å²) < 4.78 is 30.8. The van der Waals surface area contributed by atoms with Crippen LogP contribution in [0.3, 0.4) is 0 Å². The molecular formula is C11H6ClF2N3O3. The Bertz CT molecular complexity index is 637. The molecule has 0 radical (unpaired) electrons. The zero-order valence-corrected chi connectivity index (χ0v) is 10.4. The predicted molar refractivity (Wildman–Crippen MR) is 65.2 cm³/mol. The first-order valence-corrected chi connectivity index (χ1v) is 5.57. The van der Waals surface area contributed by atoms with Gasteiger partial charge in [-0.1, -0.05) is 11.6 Å². The fourth-order valence-corrected chi connectivity index (χ4v) is 1.46. The molecule has 0 atom stereocenters. The molecule has 0 N–H and O–H groups in total. The third-order valence-corrected chi connectivity index (χ3v) is 2.43. The molecule has 0 aliphatic rings. The maximum Gasteiger partial charge on any atom is 0.321 e. The Morgan fingerprint density at radius 2 is 1.95 bits per heavy atom. The van der Waals surface area contributed by atoms with Crippen LogP contribution in [0.2, 0.25) is 5.02 Å². The molecule has 1 heterocycles. The van der Waals surface area contributed by atoms with E-state index < -0.39 is 22.6 Å². The number of nitro benzene ring substituents is 1. The summed E-state index contributed by atoms with van der Waals surface area (Å²) in [5.74, 6) is -0.257. The van der Waals surface area contributed by atoms with Crippen molar-refractivity contribution in [2.75, 3.05) is 0 Å². The molecule has 2 aromatic rings. The van der Waals surface area contributed by atoms with Crippen LogP contribution in [0.5, 0.6) is 11.8 Å². The van der Waals surface area contributed by atoms with E-state index in [0.717, 1.165) is 18.2 Å². The first-order valence-electron chi connectivity index (χ1n) is 5.19. The number of nitro groups is 1. The van der Waals surface area contributed by atoms with E-state index in [2.05, 4.69) is 9.97 Å². The maximum atomic E-state index is 12.9. The zero-order valence-electron chi connectivity index (χ0n) is 9.66. The summed E-state index contributed by atoms with van der Waals surface area (Å²) in [4.78, 5) is 17.2. The number of ether oxygens (including phenoxy) is 1. The van der Waals surface area contributed by atoms with Crippen LogP contribution in [0.15, 0.2) is 30.6 Å². The molecular weight excluding hydrogens is 296 g/mol. The van der Waals surface area contributed by atoms with Gasteiger partial charge in [0.25, 0.3) is 12.1 Å². The Kier molecular flexibility index (Phi) is 4.04. The van der Waals surface area contributed by atoms with Crippen LogP contribution in [-0.2, 0) is 0 Å². The average Bonchev–Trinajstić information content (AvgIpc) is 2.41. The predicted octanol–water partition coefficient (Wildman–Crippen LogP) is 3.77. The quantitative estimate of drug-likeness (QED) is 0.634. The minimum Gasteiger partial charge on any atom is -0.424 e. The van der Waals surface area contributed by atoms with Crippen molar-refractivity contribution in [3.05, 3.63) is 51.3 Å². The summed E-state index contributed by atoms with van der Waals surface area (Å²) in [5.41, 5.74) is -1.07. The summed E-state index contributed by atoms with van der Waals surface area (Å²) in [5, 5.41) is 10.8. The second-order valence-electron chi connectivity index (χ2n) is 3.57. The molecule has 0 unspecified atom stereocenters. The number of alkyl halides is 2. The van der Waals surface area contributed by atoms with Crippen LogP contribution in [-0.4, -0.2) is 14.9 Å². The SMILES string of the molecule is O=[N+]([O-])c1ccc(Oc2ncc(Cl)cn2)c(C(F)F)c1. The second-order valence-corrected chi connectivity index (χ2v) is 4.00. The van der Waals surface area contributed by atoms with Gasteiger partial charge in [0.05, 0.1) is 27.9 Å². The highest BCUT2D eigenvalue weighted by molar-refractivity contribution is 6.30.